The SMILES string of the molecule is CCCN1CCC[C@@]2(CCN(C(=O)c3ccc4nc(C)sc4c3)C2)C1=O. The Morgan fingerprint density at radius 3 is 2.96 bits per heavy atom. The fourth-order valence-electron chi connectivity index (χ4n) is 4.42. The van der Waals surface area contributed by atoms with Crippen molar-refractivity contribution in [1.82, 2.24) is 14.8 Å². The van der Waals surface area contributed by atoms with E-state index in [1.54, 1.807) is 11.3 Å². The second-order valence-electron chi connectivity index (χ2n) is 7.57. The minimum absolute atomic E-state index is 0.0373. The molecule has 26 heavy (non-hydrogen) atoms. The van der Waals surface area contributed by atoms with Gasteiger partial charge in [-0.25, -0.2) is 4.98 Å². The molecule has 0 N–H and O–H groups in total. The number of piperidine rings is 1. The number of hydrogen-bond acceptors (Lipinski definition) is 4. The van der Waals surface area contributed by atoms with E-state index in [9.17, 15) is 9.59 Å². The molecule has 1 aromatic heterocycles. The third-order valence-electron chi connectivity index (χ3n) is 5.70. The van der Waals surface area contributed by atoms with Crippen LogP contribution in [-0.2, 0) is 4.79 Å². The maximum absolute atomic E-state index is 13.0. The fraction of sp³-hybridized carbons (Fsp3) is 0.550. The first-order chi connectivity index (χ1) is 12.5. The van der Waals surface area contributed by atoms with Gasteiger partial charge in [0.05, 0.1) is 20.6 Å². The lowest BCUT2D eigenvalue weighted by Crippen LogP contribution is -2.50. The third-order valence-corrected chi connectivity index (χ3v) is 6.63. The van der Waals surface area contributed by atoms with Crippen LogP contribution in [0.25, 0.3) is 10.2 Å². The number of benzene rings is 1. The average Bonchev–Trinajstić information content (AvgIpc) is 3.21. The number of aryl methyl sites for hydroxylation is 1. The Labute approximate surface area is 158 Å². The van der Waals surface area contributed by atoms with Gasteiger partial charge >= 0.3 is 0 Å². The molecule has 6 heteroatoms. The number of fused-ring (bicyclic) bond motifs is 1. The van der Waals surface area contributed by atoms with Gasteiger partial charge in [-0.2, -0.15) is 0 Å². The smallest absolute Gasteiger partial charge is 0.253 e. The minimum Gasteiger partial charge on any atom is -0.342 e. The van der Waals surface area contributed by atoms with Gasteiger partial charge in [0, 0.05) is 31.7 Å². The summed E-state index contributed by atoms with van der Waals surface area (Å²) in [4.78, 5) is 34.4. The molecule has 0 radical (unpaired) electrons. The van der Waals surface area contributed by atoms with Crippen molar-refractivity contribution in [1.29, 1.82) is 0 Å². The summed E-state index contributed by atoms with van der Waals surface area (Å²) in [6.07, 6.45) is 3.72. The lowest BCUT2D eigenvalue weighted by atomic mass is 9.78. The van der Waals surface area contributed by atoms with Crippen molar-refractivity contribution < 1.29 is 9.59 Å². The van der Waals surface area contributed by atoms with Gasteiger partial charge in [0.1, 0.15) is 0 Å². The molecular formula is C20H25N3O2S. The second-order valence-corrected chi connectivity index (χ2v) is 8.80. The molecule has 2 amide bonds. The molecule has 1 atom stereocenters. The summed E-state index contributed by atoms with van der Waals surface area (Å²) in [5, 5.41) is 1.01. The number of nitrogens with zero attached hydrogens (tertiary/aromatic N) is 3. The topological polar surface area (TPSA) is 53.5 Å². The van der Waals surface area contributed by atoms with E-state index in [-0.39, 0.29) is 17.2 Å². The molecular weight excluding hydrogens is 346 g/mol. The number of likely N-dealkylation sites (tertiary alicyclic amines) is 2. The molecule has 0 saturated carbocycles. The molecule has 1 aromatic carbocycles. The lowest BCUT2D eigenvalue weighted by Gasteiger charge is -2.39. The second kappa shape index (κ2) is 6.65. The van der Waals surface area contributed by atoms with Crippen molar-refractivity contribution in [3.63, 3.8) is 0 Å². The quantitative estimate of drug-likeness (QED) is 0.830. The summed E-state index contributed by atoms with van der Waals surface area (Å²) in [7, 11) is 0. The van der Waals surface area contributed by atoms with E-state index in [0.717, 1.165) is 54.0 Å². The molecule has 4 rings (SSSR count). The molecule has 3 heterocycles. The molecule has 0 unspecified atom stereocenters. The highest BCUT2D eigenvalue weighted by molar-refractivity contribution is 7.18. The van der Waals surface area contributed by atoms with Crippen molar-refractivity contribution >= 4 is 33.4 Å². The van der Waals surface area contributed by atoms with Crippen molar-refractivity contribution in [3.05, 3.63) is 28.8 Å². The van der Waals surface area contributed by atoms with Gasteiger partial charge in [0.25, 0.3) is 5.91 Å². The van der Waals surface area contributed by atoms with E-state index in [4.69, 9.17) is 0 Å². The largest absolute Gasteiger partial charge is 0.342 e. The summed E-state index contributed by atoms with van der Waals surface area (Å²) in [5.74, 6) is 0.296. The number of hydrogen-bond donors (Lipinski definition) is 0. The van der Waals surface area contributed by atoms with Gasteiger partial charge in [0.2, 0.25) is 5.91 Å². The first-order valence-corrected chi connectivity index (χ1v) is 10.3. The van der Waals surface area contributed by atoms with Gasteiger partial charge in [0.15, 0.2) is 0 Å². The van der Waals surface area contributed by atoms with Crippen molar-refractivity contribution in [2.75, 3.05) is 26.2 Å². The molecule has 1 spiro atoms. The van der Waals surface area contributed by atoms with Crippen LogP contribution in [0, 0.1) is 12.3 Å². The maximum Gasteiger partial charge on any atom is 0.253 e. The summed E-state index contributed by atoms with van der Waals surface area (Å²) in [6.45, 7) is 7.01. The molecule has 5 nitrogen and oxygen atoms in total. The monoisotopic (exact) mass is 371 g/mol. The Kier molecular flexibility index (Phi) is 4.47. The first-order valence-electron chi connectivity index (χ1n) is 9.48. The highest BCUT2D eigenvalue weighted by Crippen LogP contribution is 2.40. The molecule has 0 bridgehead atoms. The third kappa shape index (κ3) is 2.90. The van der Waals surface area contributed by atoms with Crippen LogP contribution in [0.15, 0.2) is 18.2 Å². The number of thiazole rings is 1. The van der Waals surface area contributed by atoms with Crippen molar-refractivity contribution in [2.24, 2.45) is 5.41 Å². The molecule has 2 fully saturated rings. The lowest BCUT2D eigenvalue weighted by molar-refractivity contribution is -0.145. The van der Waals surface area contributed by atoms with Gasteiger partial charge < -0.3 is 9.80 Å². The fourth-order valence-corrected chi connectivity index (χ4v) is 5.28. The molecule has 2 aliphatic heterocycles. The van der Waals surface area contributed by atoms with E-state index >= 15 is 0 Å². The molecule has 2 aliphatic rings. The zero-order chi connectivity index (χ0) is 18.3. The number of amides is 2. The highest BCUT2D eigenvalue weighted by atomic mass is 32.1. The van der Waals surface area contributed by atoms with Gasteiger partial charge in [-0.15, -0.1) is 11.3 Å². The van der Waals surface area contributed by atoms with E-state index in [2.05, 4.69) is 11.9 Å². The summed E-state index contributed by atoms with van der Waals surface area (Å²) in [6, 6.07) is 5.73. The zero-order valence-electron chi connectivity index (χ0n) is 15.5. The van der Waals surface area contributed by atoms with Crippen LogP contribution in [0.1, 0.15) is 48.0 Å². The van der Waals surface area contributed by atoms with Gasteiger partial charge in [-0.05, 0) is 50.8 Å². The van der Waals surface area contributed by atoms with Crippen LogP contribution in [0.2, 0.25) is 0 Å². The van der Waals surface area contributed by atoms with Crippen LogP contribution in [-0.4, -0.2) is 52.8 Å². The van der Waals surface area contributed by atoms with Crippen LogP contribution in [0.4, 0.5) is 0 Å². The normalized spacial score (nSPS) is 23.4. The Hall–Kier alpha value is -1.95. The van der Waals surface area contributed by atoms with Crippen molar-refractivity contribution in [3.8, 4) is 0 Å². The van der Waals surface area contributed by atoms with E-state index < -0.39 is 0 Å². The number of carbonyl (C=O) groups excluding carboxylic acids is 2. The van der Waals surface area contributed by atoms with E-state index in [1.807, 2.05) is 34.9 Å². The van der Waals surface area contributed by atoms with Crippen LogP contribution in [0.5, 0.6) is 0 Å². The van der Waals surface area contributed by atoms with Gasteiger partial charge in [-0.3, -0.25) is 9.59 Å². The van der Waals surface area contributed by atoms with E-state index in [1.165, 1.54) is 0 Å². The summed E-state index contributed by atoms with van der Waals surface area (Å²) >= 11 is 1.61. The van der Waals surface area contributed by atoms with E-state index in [0.29, 0.717) is 18.7 Å². The molecule has 2 aromatic rings. The zero-order valence-corrected chi connectivity index (χ0v) is 16.3. The Morgan fingerprint density at radius 2 is 2.15 bits per heavy atom. The van der Waals surface area contributed by atoms with Crippen LogP contribution >= 0.6 is 11.3 Å². The number of rotatable bonds is 3. The van der Waals surface area contributed by atoms with Gasteiger partial charge in [-0.1, -0.05) is 6.92 Å². The molecule has 138 valence electrons. The predicted molar refractivity (Wildman–Crippen MR) is 103 cm³/mol. The first kappa shape index (κ1) is 17.5. The molecule has 2 saturated heterocycles. The maximum atomic E-state index is 13.0. The summed E-state index contributed by atoms with van der Waals surface area (Å²) < 4.78 is 1.05. The Bertz CT molecular complexity index is 860. The molecule has 0 aliphatic carbocycles. The average molecular weight is 372 g/mol. The highest BCUT2D eigenvalue weighted by Gasteiger charge is 2.49. The summed E-state index contributed by atoms with van der Waals surface area (Å²) in [5.41, 5.74) is 1.29. The predicted octanol–water partition coefficient (Wildman–Crippen LogP) is 3.47. The minimum atomic E-state index is -0.353. The van der Waals surface area contributed by atoms with Crippen LogP contribution < -0.4 is 0 Å². The standard InChI is InChI=1S/C20H25N3O2S/c1-3-9-22-10-4-7-20(19(22)25)8-11-23(13-20)18(24)15-5-6-16-17(12-15)26-14(2)21-16/h5-6,12H,3-4,7-11,13H2,1-2H3/t20-/m0/s1. The number of carbonyl (C=O) groups is 2. The Balaban J connectivity index is 1.53. The number of aromatic nitrogens is 1. The van der Waals surface area contributed by atoms with Crippen LogP contribution in [0.3, 0.4) is 0 Å². The van der Waals surface area contributed by atoms with Crippen molar-refractivity contribution in [2.45, 2.75) is 39.5 Å². The Morgan fingerprint density at radius 1 is 1.31 bits per heavy atom.